The fourth-order valence-corrected chi connectivity index (χ4v) is 11.6. The molecule has 13 aromatic rings. The van der Waals surface area contributed by atoms with Crippen molar-refractivity contribution in [2.24, 2.45) is 0 Å². The summed E-state index contributed by atoms with van der Waals surface area (Å²) in [6, 6.07) is 36.4. The second kappa shape index (κ2) is 20.3. The van der Waals surface area contributed by atoms with Gasteiger partial charge in [0, 0.05) is 54.9 Å². The highest BCUT2D eigenvalue weighted by Crippen LogP contribution is 2.50. The van der Waals surface area contributed by atoms with Crippen LogP contribution in [0.3, 0.4) is 0 Å². The average Bonchev–Trinajstić information content (AvgIpc) is 1.92. The van der Waals surface area contributed by atoms with E-state index < -0.39 is 29.0 Å². The zero-order valence-corrected chi connectivity index (χ0v) is 47.1. The van der Waals surface area contributed by atoms with Crippen LogP contribution in [-0.2, 0) is 12.4 Å². The quantitative estimate of drug-likeness (QED) is 0.131. The number of aryl methyl sites for hydroxylation is 8. The Kier molecular flexibility index (Phi) is 12.8. The average molecular weight is 1150 g/mol. The molecular weight excluding hydrogens is 1100 g/mol. The summed E-state index contributed by atoms with van der Waals surface area (Å²) < 4.78 is 94.9. The molecule has 15 nitrogen and oxygen atoms in total. The first-order chi connectivity index (χ1) is 41.1. The molecule has 0 unspecified atom stereocenters. The van der Waals surface area contributed by atoms with Gasteiger partial charge < -0.3 is 9.13 Å². The molecule has 0 saturated carbocycles. The predicted octanol–water partition coefficient (Wildman–Crippen LogP) is 15.0. The highest BCUT2D eigenvalue weighted by atomic mass is 19.4. The minimum atomic E-state index is -5.30. The Hall–Kier alpha value is -10.8. The van der Waals surface area contributed by atoms with E-state index in [1.54, 1.807) is 85.7 Å². The summed E-state index contributed by atoms with van der Waals surface area (Å²) in [5.74, 6) is 5.68. The monoisotopic (exact) mass is 1150 g/mol. The maximum absolute atomic E-state index is 15.8. The number of hydrogen-bond acceptors (Lipinski definition) is 13. The molecule has 0 fully saturated rings. The molecule has 0 aliphatic carbocycles. The van der Waals surface area contributed by atoms with E-state index in [9.17, 15) is 18.4 Å². The summed E-state index contributed by atoms with van der Waals surface area (Å²) in [6.45, 7) is 14.2. The third kappa shape index (κ3) is 9.54. The molecule has 7 aromatic carbocycles. The number of rotatable bonds is 8. The van der Waals surface area contributed by atoms with Crippen molar-refractivity contribution >= 4 is 43.6 Å². The molecule has 6 aromatic heterocycles. The van der Waals surface area contributed by atoms with Gasteiger partial charge in [-0.2, -0.15) is 31.6 Å². The number of benzene rings is 7. The summed E-state index contributed by atoms with van der Waals surface area (Å²) in [5.41, 5.74) is 2.16. The molecule has 0 radical (unpaired) electrons. The smallest absolute Gasteiger partial charge is 0.309 e. The summed E-state index contributed by atoms with van der Waals surface area (Å²) in [4.78, 5) is 55.0. The lowest BCUT2D eigenvalue weighted by molar-refractivity contribution is -0.142. The van der Waals surface area contributed by atoms with Gasteiger partial charge in [-0.05, 0) is 170 Å². The van der Waals surface area contributed by atoms with Gasteiger partial charge in [0.2, 0.25) is 0 Å². The number of halogens is 6. The third-order valence-corrected chi connectivity index (χ3v) is 14.9. The van der Waals surface area contributed by atoms with E-state index in [0.717, 1.165) is 6.07 Å². The summed E-state index contributed by atoms with van der Waals surface area (Å²) in [5, 5.41) is 14.2. The number of alkyl halides is 6. The SMILES string of the molecule is Cc1nc(C)nc(-c2ccc3c(c2)c2cc(-c4nc(C)nc(C)n4)ccc2n3-c2cccc(C#N)c2-c2c(-c3ccc(C(F)(F)F)cc3C(F)(F)F)cccc2-n2c3ccc(-c4nc(C)nc(C)n4)cc3c3cc(-c4nc(C)nc(C)n4)ccc32)n1. The minimum Gasteiger partial charge on any atom is -0.309 e. The topological polar surface area (TPSA) is 188 Å². The summed E-state index contributed by atoms with van der Waals surface area (Å²) in [6.07, 6.45) is -10.4. The van der Waals surface area contributed by atoms with Gasteiger partial charge in [0.1, 0.15) is 46.6 Å². The van der Waals surface area contributed by atoms with Crippen LogP contribution in [0.25, 0.3) is 123 Å². The van der Waals surface area contributed by atoms with Crippen molar-refractivity contribution < 1.29 is 26.3 Å². The van der Waals surface area contributed by atoms with Gasteiger partial charge >= 0.3 is 12.4 Å². The van der Waals surface area contributed by atoms with Crippen LogP contribution >= 0.6 is 0 Å². The van der Waals surface area contributed by atoms with Crippen molar-refractivity contribution in [3.8, 4) is 85.2 Å². The van der Waals surface area contributed by atoms with E-state index in [-0.39, 0.29) is 34.0 Å². The molecule has 0 amide bonds. The molecule has 0 aliphatic rings. The van der Waals surface area contributed by atoms with Crippen molar-refractivity contribution in [3.63, 3.8) is 0 Å². The first-order valence-corrected chi connectivity index (χ1v) is 27.0. The highest BCUT2D eigenvalue weighted by Gasteiger charge is 2.40. The van der Waals surface area contributed by atoms with Gasteiger partial charge in [-0.1, -0.05) is 24.3 Å². The Morgan fingerprint density at radius 1 is 0.349 bits per heavy atom. The van der Waals surface area contributed by atoms with Crippen LogP contribution in [0.1, 0.15) is 63.3 Å². The fraction of sp³-hybridized carbons (Fsp3) is 0.154. The van der Waals surface area contributed by atoms with Crippen molar-refractivity contribution in [2.75, 3.05) is 0 Å². The predicted molar refractivity (Wildman–Crippen MR) is 314 cm³/mol. The van der Waals surface area contributed by atoms with Gasteiger partial charge in [-0.3, -0.25) is 0 Å². The second-order valence-corrected chi connectivity index (χ2v) is 20.9. The Morgan fingerprint density at radius 3 is 1.01 bits per heavy atom. The van der Waals surface area contributed by atoms with E-state index in [2.05, 4.69) is 65.9 Å². The van der Waals surface area contributed by atoms with E-state index in [1.807, 2.05) is 81.9 Å². The Morgan fingerprint density at radius 2 is 0.686 bits per heavy atom. The number of hydrogen-bond donors (Lipinski definition) is 0. The fourth-order valence-electron chi connectivity index (χ4n) is 11.6. The van der Waals surface area contributed by atoms with Crippen molar-refractivity contribution in [1.29, 1.82) is 5.26 Å². The summed E-state index contributed by atoms with van der Waals surface area (Å²) in [7, 11) is 0. The normalized spacial score (nSPS) is 12.1. The third-order valence-electron chi connectivity index (χ3n) is 14.9. The molecule has 86 heavy (non-hydrogen) atoms. The molecule has 21 heteroatoms. The van der Waals surface area contributed by atoms with Crippen LogP contribution in [0.15, 0.2) is 127 Å². The molecule has 0 aliphatic heterocycles. The minimum absolute atomic E-state index is 0.0404. The Bertz CT molecular complexity index is 4760. The molecule has 6 heterocycles. The molecule has 0 N–H and O–H groups in total. The summed E-state index contributed by atoms with van der Waals surface area (Å²) >= 11 is 0. The molecular formula is C65H45F6N15. The molecule has 0 spiro atoms. The molecule has 422 valence electrons. The zero-order chi connectivity index (χ0) is 60.2. The Labute approximate surface area is 485 Å². The molecule has 13 rings (SSSR count). The van der Waals surface area contributed by atoms with Crippen LogP contribution in [0.5, 0.6) is 0 Å². The van der Waals surface area contributed by atoms with Crippen LogP contribution in [0.4, 0.5) is 26.3 Å². The number of nitriles is 1. The lowest BCUT2D eigenvalue weighted by Crippen LogP contribution is -2.13. The van der Waals surface area contributed by atoms with Crippen LogP contribution in [0.2, 0.25) is 0 Å². The number of fused-ring (bicyclic) bond motifs is 6. The number of aromatic nitrogens is 14. The molecule has 0 bridgehead atoms. The first kappa shape index (κ1) is 54.5. The highest BCUT2D eigenvalue weighted by molar-refractivity contribution is 6.14. The lowest BCUT2D eigenvalue weighted by atomic mass is 9.86. The number of nitrogens with zero attached hydrogens (tertiary/aromatic N) is 15. The van der Waals surface area contributed by atoms with E-state index in [1.165, 1.54) is 6.07 Å². The lowest BCUT2D eigenvalue weighted by Gasteiger charge is -2.24. The second-order valence-electron chi connectivity index (χ2n) is 20.9. The van der Waals surface area contributed by atoms with Gasteiger partial charge in [-0.25, -0.2) is 59.8 Å². The maximum Gasteiger partial charge on any atom is 0.417 e. The van der Waals surface area contributed by atoms with E-state index >= 15 is 13.2 Å². The van der Waals surface area contributed by atoms with Crippen molar-refractivity contribution in [2.45, 2.75) is 67.7 Å². The Balaban J connectivity index is 1.17. The van der Waals surface area contributed by atoms with Crippen LogP contribution in [-0.4, -0.2) is 68.9 Å². The van der Waals surface area contributed by atoms with Crippen molar-refractivity contribution in [3.05, 3.63) is 191 Å². The standard InChI is InChI=1S/C65H45F6N15/c1-31-73-32(2)78-60(77-31)39-15-21-52-47(25-39)48-26-40(61-79-33(3)74-34(4)80-61)16-22-53(48)85(52)56-13-9-11-43(30-72)58(56)59-46(45-20-19-44(64(66,67)68)29-51(45)65(69,70)71)12-10-14-57(59)86-54-23-17-41(62-81-35(5)75-36(6)82-62)27-49(54)50-28-42(18-24-55(50)86)63-83-37(7)76-38(8)84-63/h9-29H,1-8H3. The van der Waals surface area contributed by atoms with Gasteiger partial charge in [0.15, 0.2) is 23.3 Å². The van der Waals surface area contributed by atoms with Gasteiger partial charge in [0.25, 0.3) is 0 Å². The zero-order valence-electron chi connectivity index (χ0n) is 47.1. The van der Waals surface area contributed by atoms with Crippen LogP contribution < -0.4 is 0 Å². The van der Waals surface area contributed by atoms with Gasteiger partial charge in [-0.15, -0.1) is 0 Å². The van der Waals surface area contributed by atoms with E-state index in [4.69, 9.17) is 0 Å². The molecule has 0 saturated heterocycles. The molecule has 0 atom stereocenters. The largest absolute Gasteiger partial charge is 0.417 e. The van der Waals surface area contributed by atoms with Crippen molar-refractivity contribution in [1.82, 2.24) is 68.9 Å². The van der Waals surface area contributed by atoms with Gasteiger partial charge in [0.05, 0.1) is 56.2 Å². The maximum atomic E-state index is 15.8. The van der Waals surface area contributed by atoms with Crippen LogP contribution in [0, 0.1) is 66.7 Å². The van der Waals surface area contributed by atoms with E-state index in [0.29, 0.717) is 148 Å². The first-order valence-electron chi connectivity index (χ1n) is 27.0.